The zero-order valence-electron chi connectivity index (χ0n) is 58.3. The number of benzene rings is 8. The summed E-state index contributed by atoms with van der Waals surface area (Å²) < 4.78 is 38.1. The molecule has 0 bridgehead atoms. The van der Waals surface area contributed by atoms with Crippen LogP contribution in [0.15, 0.2) is 146 Å². The SMILES string of the molecule is CC(C)(C)CC(C)(C)c1cc(-c2cccc(F)c2)c(O)c(-n2c3ccc(C(C)(C)C)cc3c3cc(C(C)(C)C)ccc32)c1.CC(C)(C)CC(C)(C)c1cc(-c2cccc(F)c2)c(O)c(-n2c3ccc(C(C)(C)C)cc3c3cc(C(C)(C)C)ccc32)c1.[CH3][Hf][CH3]. The van der Waals surface area contributed by atoms with Gasteiger partial charge in [-0.25, -0.2) is 8.78 Å². The summed E-state index contributed by atoms with van der Waals surface area (Å²) in [6, 6.07) is 48.4. The Kier molecular flexibility index (Phi) is 19.1. The quantitative estimate of drug-likeness (QED) is 0.149. The van der Waals surface area contributed by atoms with E-state index in [0.29, 0.717) is 33.6 Å². The van der Waals surface area contributed by atoms with E-state index in [1.807, 2.05) is 12.1 Å². The Labute approximate surface area is 544 Å². The molecule has 10 rings (SSSR count). The maximum atomic E-state index is 14.5. The Morgan fingerprint density at radius 3 is 0.820 bits per heavy atom. The molecule has 2 heterocycles. The summed E-state index contributed by atoms with van der Waals surface area (Å²) in [4.78, 5) is 0. The molecule has 4 nitrogen and oxygen atoms in total. The minimum atomic E-state index is -0.320. The molecule has 0 atom stereocenters. The molecule has 0 aliphatic heterocycles. The molecule has 2 aromatic heterocycles. The Morgan fingerprint density at radius 1 is 0.337 bits per heavy atom. The summed E-state index contributed by atoms with van der Waals surface area (Å²) in [6.07, 6.45) is 1.90. The Balaban J connectivity index is 0.000000220. The van der Waals surface area contributed by atoms with Crippen molar-refractivity contribution in [1.29, 1.82) is 0 Å². The second kappa shape index (κ2) is 24.7. The number of halogens is 2. The average molecular weight is 1360 g/mol. The van der Waals surface area contributed by atoms with Crippen molar-refractivity contribution in [2.45, 2.75) is 207 Å². The van der Waals surface area contributed by atoms with Crippen LogP contribution in [-0.2, 0) is 55.4 Å². The number of rotatable bonds is 8. The number of hydrogen-bond donors (Lipinski definition) is 2. The van der Waals surface area contributed by atoms with E-state index in [4.69, 9.17) is 0 Å². The van der Waals surface area contributed by atoms with Gasteiger partial charge in [-0.05, 0) is 198 Å². The van der Waals surface area contributed by atoms with Crippen LogP contribution in [0.3, 0.4) is 0 Å². The van der Waals surface area contributed by atoms with Gasteiger partial charge in [0, 0.05) is 32.7 Å². The van der Waals surface area contributed by atoms with Crippen molar-refractivity contribution in [2.24, 2.45) is 10.8 Å². The molecule has 10 aromatic rings. The third-order valence-electron chi connectivity index (χ3n) is 17.4. The van der Waals surface area contributed by atoms with Gasteiger partial charge in [0.25, 0.3) is 0 Å². The molecule has 0 fully saturated rings. The molecule has 470 valence electrons. The van der Waals surface area contributed by atoms with Gasteiger partial charge < -0.3 is 19.3 Å². The van der Waals surface area contributed by atoms with Gasteiger partial charge >= 0.3 is 32.3 Å². The predicted octanol–water partition coefficient (Wildman–Crippen LogP) is 24.4. The second-order valence-corrected chi connectivity index (χ2v) is 36.7. The third kappa shape index (κ3) is 15.0. The predicted molar refractivity (Wildman–Crippen MR) is 376 cm³/mol. The number of phenols is 2. The molecule has 0 aliphatic carbocycles. The molecular weight excluding hydrogens is 1260 g/mol. The molecule has 8 aromatic carbocycles. The second-order valence-electron chi connectivity index (χ2n) is 33.1. The van der Waals surface area contributed by atoms with Crippen LogP contribution in [0.5, 0.6) is 11.5 Å². The Morgan fingerprint density at radius 2 is 0.596 bits per heavy atom. The van der Waals surface area contributed by atoms with Gasteiger partial charge in [0.15, 0.2) is 0 Å². The van der Waals surface area contributed by atoms with Gasteiger partial charge in [-0.15, -0.1) is 0 Å². The molecule has 89 heavy (non-hydrogen) atoms. The topological polar surface area (TPSA) is 50.3 Å². The van der Waals surface area contributed by atoms with Crippen LogP contribution in [0.2, 0.25) is 9.36 Å². The van der Waals surface area contributed by atoms with Crippen LogP contribution >= 0.6 is 0 Å². The molecule has 2 N–H and O–H groups in total. The molecule has 0 spiro atoms. The van der Waals surface area contributed by atoms with Crippen LogP contribution in [0.4, 0.5) is 8.78 Å². The normalized spacial score (nSPS) is 13.0. The molecule has 0 unspecified atom stereocenters. The summed E-state index contributed by atoms with van der Waals surface area (Å²) in [6.45, 7) is 49.5. The zero-order chi connectivity index (χ0) is 66.1. The van der Waals surface area contributed by atoms with Crippen molar-refractivity contribution < 1.29 is 41.9 Å². The standard InChI is InChI=1S/2C40H48FNO.2CH3.Hf/c2*1-37(2,3)24-40(10,11)28-22-30(25-13-12-14-29(41)19-25)36(43)35(23-28)42-33-17-15-26(38(4,5)6)20-31(33)32-21-27(39(7,8)9)16-18-34(32)42;;;/h2*12-23,43H,24H2,1-11H3;2*1H3;. The van der Waals surface area contributed by atoms with E-state index in [-0.39, 0.29) is 89.4 Å². The van der Waals surface area contributed by atoms with E-state index in [1.165, 1.54) is 68.1 Å². The van der Waals surface area contributed by atoms with Crippen molar-refractivity contribution >= 4 is 43.6 Å². The minimum absolute atomic E-state index is 0.00611. The molecule has 0 aliphatic rings. The van der Waals surface area contributed by atoms with Gasteiger partial charge in [0.05, 0.1) is 33.4 Å². The van der Waals surface area contributed by atoms with Crippen molar-refractivity contribution in [3.8, 4) is 45.1 Å². The van der Waals surface area contributed by atoms with Crippen molar-refractivity contribution in [3.63, 3.8) is 0 Å². The van der Waals surface area contributed by atoms with E-state index >= 15 is 0 Å². The van der Waals surface area contributed by atoms with Crippen LogP contribution < -0.4 is 0 Å². The van der Waals surface area contributed by atoms with E-state index in [2.05, 4.69) is 268 Å². The Hall–Kier alpha value is -6.31. The number of fused-ring (bicyclic) bond motifs is 6. The summed E-state index contributed by atoms with van der Waals surface area (Å²) in [5, 5.41) is 28.8. The van der Waals surface area contributed by atoms with Gasteiger partial charge in [0.2, 0.25) is 0 Å². The molecular formula is C82H102F2HfN2O2. The van der Waals surface area contributed by atoms with Crippen LogP contribution in [0.1, 0.15) is 199 Å². The number of hydrogen-bond acceptors (Lipinski definition) is 2. The molecule has 7 heteroatoms. The fourth-order valence-electron chi connectivity index (χ4n) is 13.4. The number of nitrogens with zero attached hydrogens (tertiary/aromatic N) is 2. The summed E-state index contributed by atoms with van der Waals surface area (Å²) >= 11 is 0.0833. The maximum absolute atomic E-state index is 14.5. The average Bonchev–Trinajstić information content (AvgIpc) is 1.63. The van der Waals surface area contributed by atoms with Gasteiger partial charge in [-0.2, -0.15) is 0 Å². The van der Waals surface area contributed by atoms with E-state index in [1.54, 1.807) is 12.1 Å². The molecule has 0 saturated heterocycles. The van der Waals surface area contributed by atoms with E-state index in [0.717, 1.165) is 46.0 Å². The molecule has 0 amide bonds. The number of phenolic OH excluding ortho intramolecular Hbond substituents is 2. The summed E-state index contributed by atoms with van der Waals surface area (Å²) in [7, 11) is 0. The van der Waals surface area contributed by atoms with Crippen LogP contribution in [0.25, 0.3) is 77.2 Å². The van der Waals surface area contributed by atoms with Gasteiger partial charge in [-0.1, -0.05) is 201 Å². The summed E-state index contributed by atoms with van der Waals surface area (Å²) in [5.74, 6) is -0.336. The van der Waals surface area contributed by atoms with Crippen molar-refractivity contribution in [2.75, 3.05) is 0 Å². The van der Waals surface area contributed by atoms with Crippen molar-refractivity contribution in [1.82, 2.24) is 9.13 Å². The van der Waals surface area contributed by atoms with Crippen LogP contribution in [-0.4, -0.2) is 19.3 Å². The van der Waals surface area contributed by atoms with Crippen molar-refractivity contribution in [3.05, 3.63) is 191 Å². The van der Waals surface area contributed by atoms with E-state index < -0.39 is 0 Å². The first-order valence-corrected chi connectivity index (χ1v) is 39.2. The van der Waals surface area contributed by atoms with Gasteiger partial charge in [0.1, 0.15) is 23.1 Å². The third-order valence-corrected chi connectivity index (χ3v) is 17.4. The fraction of sp³-hybridized carbons (Fsp3) is 0.415. The number of aromatic nitrogens is 2. The monoisotopic (exact) mass is 1360 g/mol. The first-order chi connectivity index (χ1) is 40.9. The summed E-state index contributed by atoms with van der Waals surface area (Å²) in [5.41, 5.74) is 15.3. The Bertz CT molecular complexity index is 3820. The fourth-order valence-corrected chi connectivity index (χ4v) is 13.4. The van der Waals surface area contributed by atoms with E-state index in [9.17, 15) is 19.0 Å². The van der Waals surface area contributed by atoms with Gasteiger partial charge in [-0.3, -0.25) is 0 Å². The molecule has 0 saturated carbocycles. The molecule has 0 radical (unpaired) electrons. The first-order valence-electron chi connectivity index (χ1n) is 32.0. The zero-order valence-corrected chi connectivity index (χ0v) is 61.9. The van der Waals surface area contributed by atoms with Crippen LogP contribution in [0, 0.1) is 22.5 Å². The first kappa shape index (κ1) is 68.6. The number of aromatic hydroxyl groups is 2.